The van der Waals surface area contributed by atoms with E-state index in [1.807, 2.05) is 6.07 Å². The smallest absolute Gasteiger partial charge is 0.301 e. The van der Waals surface area contributed by atoms with Crippen LogP contribution in [0.2, 0.25) is 0 Å². The van der Waals surface area contributed by atoms with Crippen molar-refractivity contribution in [1.29, 1.82) is 0 Å². The molecule has 6 nitrogen and oxygen atoms in total. The lowest BCUT2D eigenvalue weighted by molar-refractivity contribution is -0.132. The Labute approximate surface area is 163 Å². The van der Waals surface area contributed by atoms with Crippen LogP contribution in [0.4, 0.5) is 9.52 Å². The zero-order chi connectivity index (χ0) is 19.8. The molecule has 2 aromatic carbocycles. The SMILES string of the molecule is Cc1nnc(N2C(=O)C(=O)C(=C(O)c3ccc(F)cc3)[C@@H]2c2ccccc2)s1. The van der Waals surface area contributed by atoms with Crippen molar-refractivity contribution >= 4 is 33.9 Å². The van der Waals surface area contributed by atoms with E-state index in [-0.39, 0.29) is 22.0 Å². The van der Waals surface area contributed by atoms with Gasteiger partial charge in [-0.2, -0.15) is 0 Å². The monoisotopic (exact) mass is 395 g/mol. The Hall–Kier alpha value is -3.39. The number of hydrogen-bond donors (Lipinski definition) is 1. The number of nitrogens with zero attached hydrogens (tertiary/aromatic N) is 3. The van der Waals surface area contributed by atoms with E-state index in [1.54, 1.807) is 31.2 Å². The summed E-state index contributed by atoms with van der Waals surface area (Å²) in [5.74, 6) is -2.46. The number of carbonyl (C=O) groups excluding carboxylic acids is 2. The second-order valence-electron chi connectivity index (χ2n) is 6.19. The van der Waals surface area contributed by atoms with Crippen molar-refractivity contribution in [1.82, 2.24) is 10.2 Å². The summed E-state index contributed by atoms with van der Waals surface area (Å²) >= 11 is 1.18. The molecule has 2 heterocycles. The third-order valence-electron chi connectivity index (χ3n) is 4.40. The first-order valence-corrected chi connectivity index (χ1v) is 9.21. The lowest BCUT2D eigenvalue weighted by atomic mass is 9.95. The van der Waals surface area contributed by atoms with Crippen LogP contribution in [-0.2, 0) is 9.59 Å². The minimum Gasteiger partial charge on any atom is -0.507 e. The molecule has 4 rings (SSSR count). The number of ketones is 1. The van der Waals surface area contributed by atoms with Crippen molar-refractivity contribution in [2.24, 2.45) is 0 Å². The van der Waals surface area contributed by atoms with Crippen LogP contribution in [0.25, 0.3) is 5.76 Å². The summed E-state index contributed by atoms with van der Waals surface area (Å²) < 4.78 is 13.3. The summed E-state index contributed by atoms with van der Waals surface area (Å²) in [5.41, 5.74) is 0.808. The summed E-state index contributed by atoms with van der Waals surface area (Å²) in [6, 6.07) is 13.1. The molecule has 1 saturated heterocycles. The molecule has 3 aromatic rings. The number of carbonyl (C=O) groups is 2. The van der Waals surface area contributed by atoms with E-state index in [1.165, 1.54) is 40.5 Å². The molecule has 0 radical (unpaired) electrons. The molecule has 140 valence electrons. The molecule has 0 aliphatic carbocycles. The number of aliphatic hydroxyl groups is 1. The van der Waals surface area contributed by atoms with Gasteiger partial charge in [0.25, 0.3) is 5.78 Å². The number of Topliss-reactive ketones (excluding diaryl/α,β-unsaturated/α-hetero) is 1. The predicted molar refractivity (Wildman–Crippen MR) is 102 cm³/mol. The van der Waals surface area contributed by atoms with E-state index < -0.39 is 23.5 Å². The van der Waals surface area contributed by atoms with Gasteiger partial charge in [-0.15, -0.1) is 10.2 Å². The third kappa shape index (κ3) is 2.97. The Bertz CT molecular complexity index is 1090. The fraction of sp³-hybridized carbons (Fsp3) is 0.100. The highest BCUT2D eigenvalue weighted by atomic mass is 32.1. The quantitative estimate of drug-likeness (QED) is 0.416. The van der Waals surface area contributed by atoms with Gasteiger partial charge in [0, 0.05) is 5.56 Å². The molecule has 1 aromatic heterocycles. The van der Waals surface area contributed by atoms with Crippen LogP contribution in [0.3, 0.4) is 0 Å². The van der Waals surface area contributed by atoms with Crippen LogP contribution < -0.4 is 4.90 Å². The van der Waals surface area contributed by atoms with Crippen molar-refractivity contribution in [2.75, 3.05) is 4.90 Å². The summed E-state index contributed by atoms with van der Waals surface area (Å²) in [6.07, 6.45) is 0. The van der Waals surface area contributed by atoms with Crippen LogP contribution in [0, 0.1) is 12.7 Å². The second kappa shape index (κ2) is 6.97. The van der Waals surface area contributed by atoms with E-state index in [2.05, 4.69) is 10.2 Å². The zero-order valence-corrected chi connectivity index (χ0v) is 15.5. The van der Waals surface area contributed by atoms with Crippen molar-refractivity contribution in [3.05, 3.63) is 82.1 Å². The van der Waals surface area contributed by atoms with Crippen LogP contribution in [0.1, 0.15) is 22.2 Å². The molecule has 0 spiro atoms. The largest absolute Gasteiger partial charge is 0.507 e. The van der Waals surface area contributed by atoms with E-state index in [4.69, 9.17) is 0 Å². The Morgan fingerprint density at radius 1 is 1.07 bits per heavy atom. The number of halogens is 1. The molecular weight excluding hydrogens is 381 g/mol. The van der Waals surface area contributed by atoms with Gasteiger partial charge in [-0.1, -0.05) is 41.7 Å². The summed E-state index contributed by atoms with van der Waals surface area (Å²) in [6.45, 7) is 1.74. The molecule has 1 N–H and O–H groups in total. The van der Waals surface area contributed by atoms with Gasteiger partial charge in [-0.3, -0.25) is 14.5 Å². The highest BCUT2D eigenvalue weighted by Crippen LogP contribution is 2.42. The van der Waals surface area contributed by atoms with Gasteiger partial charge in [0.2, 0.25) is 5.13 Å². The molecule has 0 saturated carbocycles. The van der Waals surface area contributed by atoms with Crippen LogP contribution in [0.5, 0.6) is 0 Å². The summed E-state index contributed by atoms with van der Waals surface area (Å²) in [4.78, 5) is 26.9. The minimum absolute atomic E-state index is 0.0735. The fourth-order valence-corrected chi connectivity index (χ4v) is 3.84. The number of anilines is 1. The average molecular weight is 395 g/mol. The third-order valence-corrected chi connectivity index (χ3v) is 5.24. The van der Waals surface area contributed by atoms with Gasteiger partial charge in [0.15, 0.2) is 0 Å². The van der Waals surface area contributed by atoms with Crippen LogP contribution in [0.15, 0.2) is 60.2 Å². The summed E-state index contributed by atoms with van der Waals surface area (Å²) in [7, 11) is 0. The maximum atomic E-state index is 13.3. The Morgan fingerprint density at radius 2 is 1.75 bits per heavy atom. The maximum absolute atomic E-state index is 13.3. The first kappa shape index (κ1) is 18.0. The Balaban J connectivity index is 1.93. The Kier molecular flexibility index (Phi) is 4.48. The number of aliphatic hydroxyl groups excluding tert-OH is 1. The number of aromatic nitrogens is 2. The van der Waals surface area contributed by atoms with Gasteiger partial charge >= 0.3 is 5.91 Å². The van der Waals surface area contributed by atoms with Gasteiger partial charge in [-0.05, 0) is 36.8 Å². The molecular formula is C20H14FN3O3S. The molecule has 1 aliphatic rings. The van der Waals surface area contributed by atoms with E-state index in [9.17, 15) is 19.1 Å². The fourth-order valence-electron chi connectivity index (χ4n) is 3.13. The van der Waals surface area contributed by atoms with Gasteiger partial charge < -0.3 is 5.11 Å². The van der Waals surface area contributed by atoms with E-state index >= 15 is 0 Å². The van der Waals surface area contributed by atoms with Crippen molar-refractivity contribution in [2.45, 2.75) is 13.0 Å². The molecule has 1 aliphatic heterocycles. The molecule has 1 fully saturated rings. The van der Waals surface area contributed by atoms with Crippen LogP contribution in [-0.4, -0.2) is 27.0 Å². The number of amides is 1. The number of aryl methyl sites for hydroxylation is 1. The van der Waals surface area contributed by atoms with Gasteiger partial charge in [0.05, 0.1) is 11.6 Å². The van der Waals surface area contributed by atoms with Crippen molar-refractivity contribution in [3.8, 4) is 0 Å². The molecule has 0 unspecified atom stereocenters. The summed E-state index contributed by atoms with van der Waals surface area (Å²) in [5, 5.41) is 19.7. The van der Waals surface area contributed by atoms with Crippen LogP contribution >= 0.6 is 11.3 Å². The molecule has 0 bridgehead atoms. The number of hydrogen-bond acceptors (Lipinski definition) is 6. The molecule has 8 heteroatoms. The standard InChI is InChI=1S/C20H14FN3O3S/c1-11-22-23-20(28-11)24-16(12-5-3-2-4-6-12)15(18(26)19(24)27)17(25)13-7-9-14(21)10-8-13/h2-10,16,25H,1H3/t16-/m0/s1. The normalized spacial score (nSPS) is 18.6. The number of rotatable bonds is 3. The first-order chi connectivity index (χ1) is 13.5. The highest BCUT2D eigenvalue weighted by molar-refractivity contribution is 7.15. The minimum atomic E-state index is -0.862. The van der Waals surface area contributed by atoms with Crippen molar-refractivity contribution in [3.63, 3.8) is 0 Å². The van der Waals surface area contributed by atoms with E-state index in [0.717, 1.165) is 0 Å². The number of benzene rings is 2. The van der Waals surface area contributed by atoms with Crippen molar-refractivity contribution < 1.29 is 19.1 Å². The highest BCUT2D eigenvalue weighted by Gasteiger charge is 2.48. The Morgan fingerprint density at radius 3 is 2.36 bits per heavy atom. The molecule has 1 atom stereocenters. The first-order valence-electron chi connectivity index (χ1n) is 8.39. The van der Waals surface area contributed by atoms with Gasteiger partial charge in [0.1, 0.15) is 16.6 Å². The lowest BCUT2D eigenvalue weighted by Gasteiger charge is -2.22. The zero-order valence-electron chi connectivity index (χ0n) is 14.7. The average Bonchev–Trinajstić information content (AvgIpc) is 3.24. The molecule has 28 heavy (non-hydrogen) atoms. The van der Waals surface area contributed by atoms with E-state index in [0.29, 0.717) is 10.6 Å². The topological polar surface area (TPSA) is 83.4 Å². The lowest BCUT2D eigenvalue weighted by Crippen LogP contribution is -2.29. The molecule has 1 amide bonds. The second-order valence-corrected chi connectivity index (χ2v) is 7.35. The predicted octanol–water partition coefficient (Wildman–Crippen LogP) is 3.61. The van der Waals surface area contributed by atoms with Gasteiger partial charge in [-0.25, -0.2) is 4.39 Å². The maximum Gasteiger partial charge on any atom is 0.301 e.